The molecular weight excluding hydrogens is 312 g/mol. The van der Waals surface area contributed by atoms with Gasteiger partial charge < -0.3 is 4.90 Å². The molecule has 1 aromatic carbocycles. The van der Waals surface area contributed by atoms with E-state index in [9.17, 15) is 14.4 Å². The highest BCUT2D eigenvalue weighted by molar-refractivity contribution is 8.14. The van der Waals surface area contributed by atoms with Crippen LogP contribution < -0.4 is 0 Å². The summed E-state index contributed by atoms with van der Waals surface area (Å²) in [7, 11) is 0. The number of benzene rings is 1. The highest BCUT2D eigenvalue weighted by atomic mass is 32.2. The summed E-state index contributed by atoms with van der Waals surface area (Å²) in [5.41, 5.74) is 1.43. The van der Waals surface area contributed by atoms with E-state index in [-0.39, 0.29) is 35.4 Å². The molecule has 0 unspecified atom stereocenters. The topological polar surface area (TPSA) is 57.7 Å². The number of rotatable bonds is 5. The molecule has 23 heavy (non-hydrogen) atoms. The third kappa shape index (κ3) is 3.42. The smallest absolute Gasteiger partial charge is 0.289 e. The van der Waals surface area contributed by atoms with Gasteiger partial charge >= 0.3 is 0 Å². The molecule has 1 saturated carbocycles. The average Bonchev–Trinajstić information content (AvgIpc) is 3.29. The van der Waals surface area contributed by atoms with E-state index in [2.05, 4.69) is 0 Å². The third-order valence-corrected chi connectivity index (χ3v) is 4.94. The SMILES string of the molecule is CC(C)N(C(=O)c1cccc(CN2C(=O)CSC2=O)c1)C1CC1. The minimum absolute atomic E-state index is 0.0257. The Balaban J connectivity index is 1.78. The lowest BCUT2D eigenvalue weighted by Crippen LogP contribution is -2.38. The van der Waals surface area contributed by atoms with Crippen LogP contribution in [0.2, 0.25) is 0 Å². The van der Waals surface area contributed by atoms with Crippen molar-refractivity contribution in [3.63, 3.8) is 0 Å². The molecule has 2 aliphatic rings. The first-order valence-electron chi connectivity index (χ1n) is 7.86. The van der Waals surface area contributed by atoms with Crippen LogP contribution in [-0.4, -0.2) is 44.7 Å². The summed E-state index contributed by atoms with van der Waals surface area (Å²) in [5.74, 6) is 0.0663. The molecule has 1 saturated heterocycles. The number of hydrogen-bond acceptors (Lipinski definition) is 4. The Labute approximate surface area is 140 Å². The Hall–Kier alpha value is -1.82. The molecule has 0 spiro atoms. The molecule has 6 heteroatoms. The van der Waals surface area contributed by atoms with Gasteiger partial charge in [-0.15, -0.1) is 0 Å². The van der Waals surface area contributed by atoms with Crippen LogP contribution in [0.1, 0.15) is 42.6 Å². The van der Waals surface area contributed by atoms with Crippen LogP contribution in [0.15, 0.2) is 24.3 Å². The van der Waals surface area contributed by atoms with Gasteiger partial charge in [0.1, 0.15) is 0 Å². The lowest BCUT2D eigenvalue weighted by Gasteiger charge is -2.27. The largest absolute Gasteiger partial charge is 0.333 e. The molecule has 0 bridgehead atoms. The van der Waals surface area contributed by atoms with Gasteiger partial charge in [0.15, 0.2) is 0 Å². The Morgan fingerprint density at radius 3 is 2.65 bits per heavy atom. The highest BCUT2D eigenvalue weighted by Gasteiger charge is 2.35. The summed E-state index contributed by atoms with van der Waals surface area (Å²) >= 11 is 1.03. The molecule has 0 atom stereocenters. The first-order valence-corrected chi connectivity index (χ1v) is 8.84. The number of imide groups is 1. The second-order valence-corrected chi connectivity index (χ2v) is 7.20. The van der Waals surface area contributed by atoms with Crippen molar-refractivity contribution < 1.29 is 14.4 Å². The van der Waals surface area contributed by atoms with E-state index >= 15 is 0 Å². The van der Waals surface area contributed by atoms with Crippen molar-refractivity contribution in [2.45, 2.75) is 45.3 Å². The zero-order valence-corrected chi connectivity index (χ0v) is 14.1. The predicted molar refractivity (Wildman–Crippen MR) is 89.2 cm³/mol. The second-order valence-electron chi connectivity index (χ2n) is 6.27. The van der Waals surface area contributed by atoms with E-state index in [1.807, 2.05) is 30.9 Å². The Morgan fingerprint density at radius 1 is 1.35 bits per heavy atom. The molecule has 2 fully saturated rings. The summed E-state index contributed by atoms with van der Waals surface area (Å²) in [6.45, 7) is 4.29. The number of nitrogens with zero attached hydrogens (tertiary/aromatic N) is 2. The lowest BCUT2D eigenvalue weighted by molar-refractivity contribution is -0.125. The van der Waals surface area contributed by atoms with E-state index in [0.29, 0.717) is 11.6 Å². The van der Waals surface area contributed by atoms with Gasteiger partial charge in [-0.05, 0) is 44.4 Å². The summed E-state index contributed by atoms with van der Waals surface area (Å²) < 4.78 is 0. The van der Waals surface area contributed by atoms with Gasteiger partial charge in [-0.25, -0.2) is 0 Å². The maximum absolute atomic E-state index is 12.8. The highest BCUT2D eigenvalue weighted by Crippen LogP contribution is 2.30. The van der Waals surface area contributed by atoms with Crippen molar-refractivity contribution in [1.29, 1.82) is 0 Å². The van der Waals surface area contributed by atoms with E-state index < -0.39 is 0 Å². The monoisotopic (exact) mass is 332 g/mol. The minimum atomic E-state index is -0.214. The maximum atomic E-state index is 12.8. The summed E-state index contributed by atoms with van der Waals surface area (Å²) in [6, 6.07) is 7.76. The number of hydrogen-bond donors (Lipinski definition) is 0. The van der Waals surface area contributed by atoms with E-state index in [1.165, 1.54) is 4.90 Å². The van der Waals surface area contributed by atoms with Crippen molar-refractivity contribution in [2.75, 3.05) is 5.75 Å². The molecular formula is C17H20N2O3S. The molecule has 0 radical (unpaired) electrons. The van der Waals surface area contributed by atoms with Gasteiger partial charge in [0.2, 0.25) is 5.91 Å². The van der Waals surface area contributed by atoms with E-state index in [1.54, 1.807) is 12.1 Å². The molecule has 1 heterocycles. The minimum Gasteiger partial charge on any atom is -0.333 e. The van der Waals surface area contributed by atoms with Crippen LogP contribution in [0.3, 0.4) is 0 Å². The van der Waals surface area contributed by atoms with Gasteiger partial charge in [-0.2, -0.15) is 0 Å². The molecule has 3 rings (SSSR count). The standard InChI is InChI=1S/C17H20N2O3S/c1-11(2)19(14-6-7-14)16(21)13-5-3-4-12(8-13)9-18-15(20)10-23-17(18)22/h3-5,8,11,14H,6-7,9-10H2,1-2H3. The van der Waals surface area contributed by atoms with Crippen LogP contribution in [0.25, 0.3) is 0 Å². The molecule has 0 aromatic heterocycles. The fourth-order valence-corrected chi connectivity index (χ4v) is 3.57. The Morgan fingerprint density at radius 2 is 2.09 bits per heavy atom. The van der Waals surface area contributed by atoms with E-state index in [0.717, 1.165) is 30.2 Å². The summed E-state index contributed by atoms with van der Waals surface area (Å²) in [6.07, 6.45) is 2.13. The summed E-state index contributed by atoms with van der Waals surface area (Å²) in [4.78, 5) is 39.3. The Bertz CT molecular complexity index is 637. The molecule has 122 valence electrons. The van der Waals surface area contributed by atoms with Crippen LogP contribution in [0, 0.1) is 0 Å². The maximum Gasteiger partial charge on any atom is 0.289 e. The van der Waals surface area contributed by atoms with Crippen molar-refractivity contribution >= 4 is 28.8 Å². The van der Waals surface area contributed by atoms with Gasteiger partial charge in [0.05, 0.1) is 12.3 Å². The number of carbonyl (C=O) groups is 3. The number of thioether (sulfide) groups is 1. The summed E-state index contributed by atoms with van der Waals surface area (Å²) in [5, 5.41) is -0.214. The lowest BCUT2D eigenvalue weighted by atomic mass is 10.1. The molecule has 3 amide bonds. The predicted octanol–water partition coefficient (Wildman–Crippen LogP) is 2.90. The van der Waals surface area contributed by atoms with Crippen LogP contribution >= 0.6 is 11.8 Å². The van der Waals surface area contributed by atoms with Gasteiger partial charge in [-0.3, -0.25) is 19.3 Å². The zero-order chi connectivity index (χ0) is 16.6. The second kappa shape index (κ2) is 6.35. The molecule has 1 aliphatic carbocycles. The normalized spacial score (nSPS) is 18.0. The average molecular weight is 332 g/mol. The first-order chi connectivity index (χ1) is 11.0. The van der Waals surface area contributed by atoms with Crippen molar-refractivity contribution in [3.8, 4) is 0 Å². The fourth-order valence-electron chi connectivity index (χ4n) is 2.84. The van der Waals surface area contributed by atoms with Gasteiger partial charge in [0, 0.05) is 17.6 Å². The quantitative estimate of drug-likeness (QED) is 0.832. The fraction of sp³-hybridized carbons (Fsp3) is 0.471. The first kappa shape index (κ1) is 16.1. The van der Waals surface area contributed by atoms with Crippen molar-refractivity contribution in [1.82, 2.24) is 9.80 Å². The van der Waals surface area contributed by atoms with Crippen molar-refractivity contribution in [2.24, 2.45) is 0 Å². The Kier molecular flexibility index (Phi) is 4.43. The van der Waals surface area contributed by atoms with Gasteiger partial charge in [0.25, 0.3) is 11.1 Å². The molecule has 1 aromatic rings. The van der Waals surface area contributed by atoms with Crippen LogP contribution in [-0.2, 0) is 11.3 Å². The third-order valence-electron chi connectivity index (χ3n) is 4.09. The van der Waals surface area contributed by atoms with Crippen LogP contribution in [0.5, 0.6) is 0 Å². The van der Waals surface area contributed by atoms with Crippen LogP contribution in [0.4, 0.5) is 4.79 Å². The van der Waals surface area contributed by atoms with Gasteiger partial charge in [-0.1, -0.05) is 23.9 Å². The number of amides is 3. The van der Waals surface area contributed by atoms with E-state index in [4.69, 9.17) is 0 Å². The molecule has 1 aliphatic heterocycles. The molecule has 0 N–H and O–H groups in total. The zero-order valence-electron chi connectivity index (χ0n) is 13.3. The number of carbonyl (C=O) groups excluding carboxylic acids is 3. The molecule has 5 nitrogen and oxygen atoms in total. The van der Waals surface area contributed by atoms with Crippen molar-refractivity contribution in [3.05, 3.63) is 35.4 Å².